The number of hydrogen-bond acceptors (Lipinski definition) is 1. The van der Waals surface area contributed by atoms with E-state index in [1.54, 1.807) is 12.1 Å². The molecule has 0 saturated heterocycles. The second kappa shape index (κ2) is 3.11. The van der Waals surface area contributed by atoms with Gasteiger partial charge in [-0.1, -0.05) is 0 Å². The fourth-order valence-electron chi connectivity index (χ4n) is 2.22. The second-order valence-electron chi connectivity index (χ2n) is 3.79. The highest BCUT2D eigenvalue weighted by Crippen LogP contribution is 2.30. The van der Waals surface area contributed by atoms with Gasteiger partial charge < -0.3 is 5.73 Å². The number of aryl methyl sites for hydroxylation is 2. The van der Waals surface area contributed by atoms with Gasteiger partial charge >= 0.3 is 0 Å². The zero-order valence-corrected chi connectivity index (χ0v) is 7.81. The summed E-state index contributed by atoms with van der Waals surface area (Å²) in [4.78, 5) is 0. The molecule has 2 heteroatoms. The maximum Gasteiger partial charge on any atom is 0.123 e. The lowest BCUT2D eigenvalue weighted by molar-refractivity contribution is 0.556. The van der Waals surface area contributed by atoms with Gasteiger partial charge in [-0.25, -0.2) is 4.39 Å². The highest BCUT2D eigenvalue weighted by molar-refractivity contribution is 5.39. The summed E-state index contributed by atoms with van der Waals surface area (Å²) in [7, 11) is 0. The molecule has 1 aliphatic carbocycles. The minimum absolute atomic E-state index is 0.115. The first kappa shape index (κ1) is 8.70. The Balaban J connectivity index is 2.56. The highest BCUT2D eigenvalue weighted by atomic mass is 19.1. The zero-order valence-electron chi connectivity index (χ0n) is 7.81. The highest BCUT2D eigenvalue weighted by Gasteiger charge is 2.19. The molecule has 0 aromatic heterocycles. The molecule has 0 amide bonds. The van der Waals surface area contributed by atoms with Crippen molar-refractivity contribution in [3.8, 4) is 0 Å². The average molecular weight is 179 g/mol. The summed E-state index contributed by atoms with van der Waals surface area (Å²) in [5.41, 5.74) is 9.26. The van der Waals surface area contributed by atoms with E-state index in [9.17, 15) is 4.39 Å². The fraction of sp³-hybridized carbons (Fsp3) is 0.455. The molecule has 0 heterocycles. The van der Waals surface area contributed by atoms with Gasteiger partial charge in [0.05, 0.1) is 0 Å². The fourth-order valence-corrected chi connectivity index (χ4v) is 2.22. The van der Waals surface area contributed by atoms with Crippen LogP contribution in [0.1, 0.15) is 35.6 Å². The van der Waals surface area contributed by atoms with Gasteiger partial charge in [-0.2, -0.15) is 0 Å². The van der Waals surface area contributed by atoms with Crippen LogP contribution in [-0.2, 0) is 6.42 Å². The average Bonchev–Trinajstić information content (AvgIpc) is 2.02. The normalized spacial score (nSPS) is 21.3. The van der Waals surface area contributed by atoms with E-state index in [1.807, 2.05) is 6.92 Å². The van der Waals surface area contributed by atoms with Crippen LogP contribution in [0.2, 0.25) is 0 Å². The van der Waals surface area contributed by atoms with Crippen molar-refractivity contribution < 1.29 is 4.39 Å². The van der Waals surface area contributed by atoms with Crippen LogP contribution in [0.4, 0.5) is 4.39 Å². The van der Waals surface area contributed by atoms with Crippen LogP contribution in [-0.4, -0.2) is 0 Å². The summed E-state index contributed by atoms with van der Waals surface area (Å²) in [5, 5.41) is 0. The van der Waals surface area contributed by atoms with E-state index in [0.29, 0.717) is 0 Å². The van der Waals surface area contributed by atoms with Crippen LogP contribution < -0.4 is 5.73 Å². The molecule has 0 bridgehead atoms. The second-order valence-corrected chi connectivity index (χ2v) is 3.79. The van der Waals surface area contributed by atoms with Gasteiger partial charge in [-0.3, -0.25) is 0 Å². The molecule has 0 radical (unpaired) electrons. The molecular weight excluding hydrogens is 165 g/mol. The SMILES string of the molecule is Cc1cc(F)cc2c1[C@H](N)CCC2. The molecule has 70 valence electrons. The van der Waals surface area contributed by atoms with Crippen LogP contribution in [0.5, 0.6) is 0 Å². The Morgan fingerprint density at radius 2 is 2.23 bits per heavy atom. The van der Waals surface area contributed by atoms with Gasteiger partial charge in [0.25, 0.3) is 0 Å². The Morgan fingerprint density at radius 1 is 1.46 bits per heavy atom. The van der Waals surface area contributed by atoms with Gasteiger partial charge in [0.15, 0.2) is 0 Å². The van der Waals surface area contributed by atoms with E-state index in [-0.39, 0.29) is 11.9 Å². The molecule has 1 aromatic rings. The number of benzene rings is 1. The predicted octanol–water partition coefficient (Wildman–Crippen LogP) is 2.47. The Morgan fingerprint density at radius 3 is 3.00 bits per heavy atom. The molecule has 0 fully saturated rings. The first-order chi connectivity index (χ1) is 6.18. The van der Waals surface area contributed by atoms with E-state index in [2.05, 4.69) is 0 Å². The zero-order chi connectivity index (χ0) is 9.42. The standard InChI is InChI=1S/C11H14FN/c1-7-5-9(12)6-8-3-2-4-10(13)11(7)8/h5-6,10H,2-4,13H2,1H3/t10-/m1/s1. The van der Waals surface area contributed by atoms with Crippen molar-refractivity contribution in [3.05, 3.63) is 34.6 Å². The van der Waals surface area contributed by atoms with Crippen molar-refractivity contribution in [1.29, 1.82) is 0 Å². The van der Waals surface area contributed by atoms with Gasteiger partial charge in [0.1, 0.15) is 5.82 Å². The lowest BCUT2D eigenvalue weighted by Crippen LogP contribution is -2.19. The molecule has 0 unspecified atom stereocenters. The van der Waals surface area contributed by atoms with Crippen LogP contribution in [0.25, 0.3) is 0 Å². The van der Waals surface area contributed by atoms with E-state index >= 15 is 0 Å². The van der Waals surface area contributed by atoms with Gasteiger partial charge in [0, 0.05) is 6.04 Å². The van der Waals surface area contributed by atoms with Gasteiger partial charge in [-0.15, -0.1) is 0 Å². The smallest absolute Gasteiger partial charge is 0.123 e. The Bertz CT molecular complexity index is 333. The number of nitrogens with two attached hydrogens (primary N) is 1. The number of fused-ring (bicyclic) bond motifs is 1. The summed E-state index contributed by atoms with van der Waals surface area (Å²) in [6.45, 7) is 1.94. The summed E-state index contributed by atoms with van der Waals surface area (Å²) in [6.07, 6.45) is 3.08. The molecule has 0 saturated carbocycles. The summed E-state index contributed by atoms with van der Waals surface area (Å²) < 4.78 is 13.0. The van der Waals surface area contributed by atoms with Crippen LogP contribution >= 0.6 is 0 Å². The molecule has 1 atom stereocenters. The predicted molar refractivity (Wildman–Crippen MR) is 51.0 cm³/mol. The molecule has 1 aliphatic rings. The Kier molecular flexibility index (Phi) is 2.08. The monoisotopic (exact) mass is 179 g/mol. The molecule has 0 spiro atoms. The van der Waals surface area contributed by atoms with Gasteiger partial charge in [0.2, 0.25) is 0 Å². The summed E-state index contributed by atoms with van der Waals surface area (Å²) in [5.74, 6) is -0.134. The quantitative estimate of drug-likeness (QED) is 0.650. The molecule has 2 rings (SSSR count). The third-order valence-corrected chi connectivity index (χ3v) is 2.77. The lowest BCUT2D eigenvalue weighted by atomic mass is 9.85. The van der Waals surface area contributed by atoms with Crippen molar-refractivity contribution in [2.45, 2.75) is 32.2 Å². The molecule has 13 heavy (non-hydrogen) atoms. The van der Waals surface area contributed by atoms with E-state index in [4.69, 9.17) is 5.73 Å². The van der Waals surface area contributed by atoms with Crippen molar-refractivity contribution in [2.24, 2.45) is 5.73 Å². The largest absolute Gasteiger partial charge is 0.324 e. The summed E-state index contributed by atoms with van der Waals surface area (Å²) >= 11 is 0. The minimum Gasteiger partial charge on any atom is -0.324 e. The van der Waals surface area contributed by atoms with Crippen LogP contribution in [0, 0.1) is 12.7 Å². The summed E-state index contributed by atoms with van der Waals surface area (Å²) in [6, 6.07) is 3.31. The maximum atomic E-state index is 13.0. The van der Waals surface area contributed by atoms with E-state index in [1.165, 1.54) is 5.56 Å². The van der Waals surface area contributed by atoms with Crippen LogP contribution in [0.3, 0.4) is 0 Å². The number of halogens is 1. The number of hydrogen-bond donors (Lipinski definition) is 1. The number of rotatable bonds is 0. The molecule has 2 N–H and O–H groups in total. The van der Waals surface area contributed by atoms with Crippen LogP contribution in [0.15, 0.2) is 12.1 Å². The maximum absolute atomic E-state index is 13.0. The molecule has 1 nitrogen and oxygen atoms in total. The lowest BCUT2D eigenvalue weighted by Gasteiger charge is -2.24. The minimum atomic E-state index is -0.134. The first-order valence-electron chi connectivity index (χ1n) is 4.73. The van der Waals surface area contributed by atoms with Crippen molar-refractivity contribution >= 4 is 0 Å². The topological polar surface area (TPSA) is 26.0 Å². The van der Waals surface area contributed by atoms with E-state index in [0.717, 1.165) is 30.4 Å². The van der Waals surface area contributed by atoms with Crippen molar-refractivity contribution in [1.82, 2.24) is 0 Å². The Labute approximate surface area is 77.8 Å². The first-order valence-corrected chi connectivity index (χ1v) is 4.73. The third kappa shape index (κ3) is 1.46. The van der Waals surface area contributed by atoms with E-state index < -0.39 is 0 Å². The van der Waals surface area contributed by atoms with Crippen molar-refractivity contribution in [2.75, 3.05) is 0 Å². The van der Waals surface area contributed by atoms with Gasteiger partial charge in [-0.05, 0) is 55.0 Å². The molecule has 1 aromatic carbocycles. The molecule has 0 aliphatic heterocycles. The third-order valence-electron chi connectivity index (χ3n) is 2.77. The Hall–Kier alpha value is -0.890. The van der Waals surface area contributed by atoms with Crippen molar-refractivity contribution in [3.63, 3.8) is 0 Å². The molecular formula is C11H14FN.